The number of rotatable bonds is 7. The van der Waals surface area contributed by atoms with Crippen molar-refractivity contribution in [1.82, 2.24) is 25.2 Å². The fourth-order valence-electron chi connectivity index (χ4n) is 2.29. The van der Waals surface area contributed by atoms with Crippen LogP contribution in [0.5, 0.6) is 0 Å². The second-order valence-corrected chi connectivity index (χ2v) is 5.48. The van der Waals surface area contributed by atoms with Crippen LogP contribution >= 0.6 is 24.0 Å². The molecule has 0 aliphatic rings. The smallest absolute Gasteiger partial charge is 0.191 e. The van der Waals surface area contributed by atoms with Crippen LogP contribution in [0.2, 0.25) is 0 Å². The van der Waals surface area contributed by atoms with Crippen molar-refractivity contribution < 1.29 is 0 Å². The molecule has 0 unspecified atom stereocenters. The van der Waals surface area contributed by atoms with E-state index in [-0.39, 0.29) is 24.0 Å². The summed E-state index contributed by atoms with van der Waals surface area (Å²) in [4.78, 5) is 12.7. The van der Waals surface area contributed by atoms with Gasteiger partial charge >= 0.3 is 0 Å². The average molecular weight is 442 g/mol. The molecule has 2 N–H and O–H groups in total. The molecule has 2 aromatic heterocycles. The molecule has 24 heavy (non-hydrogen) atoms. The summed E-state index contributed by atoms with van der Waals surface area (Å²) in [5.74, 6) is 2.38. The fourth-order valence-corrected chi connectivity index (χ4v) is 2.29. The molecule has 6 nitrogen and oxygen atoms in total. The first-order valence-electron chi connectivity index (χ1n) is 8.14. The lowest BCUT2D eigenvalue weighted by molar-refractivity contribution is 0.481. The van der Waals surface area contributed by atoms with E-state index in [1.54, 1.807) is 19.6 Å². The quantitative estimate of drug-likeness (QED) is 0.393. The van der Waals surface area contributed by atoms with Crippen molar-refractivity contribution in [2.75, 3.05) is 13.6 Å². The Hall–Kier alpha value is -1.64. The van der Waals surface area contributed by atoms with Gasteiger partial charge in [-0.25, -0.2) is 9.97 Å². The van der Waals surface area contributed by atoms with E-state index in [1.807, 2.05) is 23.0 Å². The van der Waals surface area contributed by atoms with E-state index >= 15 is 0 Å². The molecule has 0 aromatic carbocycles. The van der Waals surface area contributed by atoms with Crippen LogP contribution in [0.15, 0.2) is 42.0 Å². The Morgan fingerprint density at radius 1 is 1.25 bits per heavy atom. The standard InChI is InChI=1S/C17H26N6.HI/c1-4-14(5-2)10-21-17(18-3)22-12-15-6-7-16(20-11-15)23-9-8-19-13-23;/h6-9,11,13-14H,4-5,10,12H2,1-3H3,(H2,18,21,22);1H. The Kier molecular flexibility index (Phi) is 9.36. The summed E-state index contributed by atoms with van der Waals surface area (Å²) in [6, 6.07) is 4.04. The van der Waals surface area contributed by atoms with Crippen molar-refractivity contribution in [3.8, 4) is 5.82 Å². The number of halogens is 1. The minimum Gasteiger partial charge on any atom is -0.356 e. The van der Waals surface area contributed by atoms with Crippen molar-refractivity contribution in [3.63, 3.8) is 0 Å². The minimum absolute atomic E-state index is 0. The van der Waals surface area contributed by atoms with Crippen molar-refractivity contribution in [2.24, 2.45) is 10.9 Å². The van der Waals surface area contributed by atoms with E-state index in [4.69, 9.17) is 0 Å². The van der Waals surface area contributed by atoms with Gasteiger partial charge < -0.3 is 10.6 Å². The molecule has 0 fully saturated rings. The summed E-state index contributed by atoms with van der Waals surface area (Å²) in [5, 5.41) is 6.70. The van der Waals surface area contributed by atoms with E-state index in [0.717, 1.165) is 23.9 Å². The van der Waals surface area contributed by atoms with Crippen LogP contribution in [0.4, 0.5) is 0 Å². The van der Waals surface area contributed by atoms with Crippen LogP contribution in [0, 0.1) is 5.92 Å². The highest BCUT2D eigenvalue weighted by Gasteiger charge is 2.05. The molecule has 0 amide bonds. The summed E-state index contributed by atoms with van der Waals surface area (Å²) < 4.78 is 1.88. The zero-order valence-electron chi connectivity index (χ0n) is 14.6. The minimum atomic E-state index is 0. The monoisotopic (exact) mass is 442 g/mol. The second kappa shape index (κ2) is 11.0. The third-order valence-electron chi connectivity index (χ3n) is 3.97. The molecule has 132 valence electrons. The van der Waals surface area contributed by atoms with Crippen molar-refractivity contribution in [2.45, 2.75) is 33.2 Å². The molecule has 0 atom stereocenters. The van der Waals surface area contributed by atoms with E-state index in [2.05, 4.69) is 45.5 Å². The lowest BCUT2D eigenvalue weighted by Gasteiger charge is -2.16. The van der Waals surface area contributed by atoms with Crippen LogP contribution in [-0.4, -0.2) is 34.1 Å². The molecule has 0 radical (unpaired) electrons. The van der Waals surface area contributed by atoms with E-state index in [9.17, 15) is 0 Å². The Balaban J connectivity index is 0.00000288. The maximum Gasteiger partial charge on any atom is 0.191 e. The molecule has 0 aliphatic heterocycles. The van der Waals surface area contributed by atoms with E-state index in [1.165, 1.54) is 12.8 Å². The number of hydrogen-bond donors (Lipinski definition) is 2. The lowest BCUT2D eigenvalue weighted by Crippen LogP contribution is -2.39. The molecule has 0 saturated carbocycles. The Labute approximate surface area is 161 Å². The molecule has 0 bridgehead atoms. The summed E-state index contributed by atoms with van der Waals surface area (Å²) in [6.07, 6.45) is 9.59. The normalized spacial score (nSPS) is 11.2. The SMILES string of the molecule is CCC(CC)CNC(=NC)NCc1ccc(-n2ccnc2)nc1.I. The van der Waals surface area contributed by atoms with Crippen LogP contribution in [0.1, 0.15) is 32.3 Å². The molecule has 2 aromatic rings. The van der Waals surface area contributed by atoms with E-state index < -0.39 is 0 Å². The summed E-state index contributed by atoms with van der Waals surface area (Å²) in [5.41, 5.74) is 1.11. The predicted octanol–water partition coefficient (Wildman–Crippen LogP) is 2.99. The molecule has 0 aliphatic carbocycles. The number of imidazole rings is 1. The second-order valence-electron chi connectivity index (χ2n) is 5.48. The number of nitrogens with one attached hydrogen (secondary N) is 2. The number of hydrogen-bond acceptors (Lipinski definition) is 3. The Bertz CT molecular complexity index is 590. The summed E-state index contributed by atoms with van der Waals surface area (Å²) >= 11 is 0. The maximum atomic E-state index is 4.45. The summed E-state index contributed by atoms with van der Waals surface area (Å²) in [6.45, 7) is 6.09. The van der Waals surface area contributed by atoms with Gasteiger partial charge in [0.05, 0.1) is 0 Å². The first kappa shape index (κ1) is 20.4. The van der Waals surface area contributed by atoms with Gasteiger partial charge in [-0.3, -0.25) is 9.56 Å². The third-order valence-corrected chi connectivity index (χ3v) is 3.97. The number of pyridine rings is 1. The molecular formula is C17H27IN6. The van der Waals surface area contributed by atoms with Gasteiger partial charge in [-0.15, -0.1) is 24.0 Å². The predicted molar refractivity (Wildman–Crippen MR) is 109 cm³/mol. The topological polar surface area (TPSA) is 67.1 Å². The number of nitrogens with zero attached hydrogens (tertiary/aromatic N) is 4. The van der Waals surface area contributed by atoms with Crippen LogP contribution in [0.25, 0.3) is 5.82 Å². The molecular weight excluding hydrogens is 415 g/mol. The molecule has 2 rings (SSSR count). The highest BCUT2D eigenvalue weighted by atomic mass is 127. The largest absolute Gasteiger partial charge is 0.356 e. The van der Waals surface area contributed by atoms with Gasteiger partial charge in [-0.2, -0.15) is 0 Å². The number of aliphatic imine (C=N–C) groups is 1. The fraction of sp³-hybridized carbons (Fsp3) is 0.471. The zero-order chi connectivity index (χ0) is 16.5. The van der Waals surface area contributed by atoms with Crippen molar-refractivity contribution >= 4 is 29.9 Å². The van der Waals surface area contributed by atoms with Crippen molar-refractivity contribution in [3.05, 3.63) is 42.6 Å². The van der Waals surface area contributed by atoms with Gasteiger partial charge in [0.1, 0.15) is 12.1 Å². The molecule has 7 heteroatoms. The average Bonchev–Trinajstić information content (AvgIpc) is 3.13. The van der Waals surface area contributed by atoms with Crippen LogP contribution < -0.4 is 10.6 Å². The van der Waals surface area contributed by atoms with Crippen LogP contribution in [-0.2, 0) is 6.54 Å². The number of aromatic nitrogens is 3. The van der Waals surface area contributed by atoms with Crippen LogP contribution in [0.3, 0.4) is 0 Å². The van der Waals surface area contributed by atoms with Gasteiger partial charge in [0.2, 0.25) is 0 Å². The Morgan fingerprint density at radius 3 is 2.58 bits per heavy atom. The van der Waals surface area contributed by atoms with Crippen molar-refractivity contribution in [1.29, 1.82) is 0 Å². The first-order chi connectivity index (χ1) is 11.3. The highest BCUT2D eigenvalue weighted by Crippen LogP contribution is 2.06. The molecule has 2 heterocycles. The van der Waals surface area contributed by atoms with Gasteiger partial charge in [-0.1, -0.05) is 32.8 Å². The molecule has 0 spiro atoms. The van der Waals surface area contributed by atoms with Gasteiger partial charge in [0.15, 0.2) is 5.96 Å². The van der Waals surface area contributed by atoms with Gasteiger partial charge in [0.25, 0.3) is 0 Å². The zero-order valence-corrected chi connectivity index (χ0v) is 16.9. The number of guanidine groups is 1. The first-order valence-corrected chi connectivity index (χ1v) is 8.14. The van der Waals surface area contributed by atoms with Gasteiger partial charge in [-0.05, 0) is 17.5 Å². The summed E-state index contributed by atoms with van der Waals surface area (Å²) in [7, 11) is 1.79. The lowest BCUT2D eigenvalue weighted by atomic mass is 10.0. The maximum absolute atomic E-state index is 4.45. The van der Waals surface area contributed by atoms with Gasteiger partial charge in [0, 0.05) is 38.7 Å². The highest BCUT2D eigenvalue weighted by molar-refractivity contribution is 14.0. The van der Waals surface area contributed by atoms with E-state index in [0.29, 0.717) is 12.5 Å². The Morgan fingerprint density at radius 2 is 2.04 bits per heavy atom. The molecule has 0 saturated heterocycles. The third kappa shape index (κ3) is 6.10.